The number of methoxy groups -OCH3 is 1. The maximum Gasteiger partial charge on any atom is 0.310 e. The number of hydrogen-bond acceptors (Lipinski definition) is 4. The average Bonchev–Trinajstić information content (AvgIpc) is 2.25. The van der Waals surface area contributed by atoms with Crippen LogP contribution in [0.5, 0.6) is 0 Å². The lowest BCUT2D eigenvalue weighted by Gasteiger charge is -2.33. The van der Waals surface area contributed by atoms with Gasteiger partial charge in [0.2, 0.25) is 0 Å². The van der Waals surface area contributed by atoms with Crippen molar-refractivity contribution in [3.05, 3.63) is 0 Å². The summed E-state index contributed by atoms with van der Waals surface area (Å²) in [6.45, 7) is 2.76. The average molecular weight is 213 g/mol. The largest absolute Gasteiger partial charge is 0.469 e. The Labute approximate surface area is 90.4 Å². The molecule has 1 rings (SSSR count). The molecule has 1 saturated heterocycles. The second-order valence-corrected chi connectivity index (χ2v) is 4.18. The molecule has 0 aromatic heterocycles. The smallest absolute Gasteiger partial charge is 0.310 e. The van der Waals surface area contributed by atoms with E-state index in [4.69, 9.17) is 4.74 Å². The fourth-order valence-corrected chi connectivity index (χ4v) is 2.22. The van der Waals surface area contributed by atoms with E-state index in [2.05, 4.69) is 12.2 Å². The van der Waals surface area contributed by atoms with Gasteiger partial charge in [-0.2, -0.15) is 0 Å². The molecular weight excluding hydrogens is 194 g/mol. The summed E-state index contributed by atoms with van der Waals surface area (Å²) in [6.07, 6.45) is 3.18. The summed E-state index contributed by atoms with van der Waals surface area (Å²) in [5.74, 6) is 0.0235. The third-order valence-corrected chi connectivity index (χ3v) is 3.07. The zero-order valence-corrected chi connectivity index (χ0v) is 9.36. The summed E-state index contributed by atoms with van der Waals surface area (Å²) in [6, 6.07) is 0.419. The normalized spacial score (nSPS) is 30.9. The highest BCUT2D eigenvalue weighted by Crippen LogP contribution is 2.27. The van der Waals surface area contributed by atoms with Crippen LogP contribution in [0, 0.1) is 11.8 Å². The lowest BCUT2D eigenvalue weighted by molar-refractivity contribution is -0.148. The van der Waals surface area contributed by atoms with Gasteiger partial charge in [-0.05, 0) is 25.7 Å². The van der Waals surface area contributed by atoms with Gasteiger partial charge in [0.05, 0.1) is 13.0 Å². The summed E-state index contributed by atoms with van der Waals surface area (Å²) < 4.78 is 4.77. The Kier molecular flexibility index (Phi) is 4.75. The maximum absolute atomic E-state index is 11.5. The lowest BCUT2D eigenvalue weighted by atomic mass is 9.80. The Bertz CT molecular complexity index is 230. The molecule has 3 atom stereocenters. The molecule has 1 heterocycles. The van der Waals surface area contributed by atoms with E-state index in [0.29, 0.717) is 19.0 Å². The molecule has 15 heavy (non-hydrogen) atoms. The fourth-order valence-electron chi connectivity index (χ4n) is 2.22. The molecule has 0 bridgehead atoms. The molecule has 1 N–H and O–H groups in total. The van der Waals surface area contributed by atoms with E-state index in [0.717, 1.165) is 19.1 Å². The van der Waals surface area contributed by atoms with Crippen molar-refractivity contribution in [3.8, 4) is 0 Å². The first-order valence-electron chi connectivity index (χ1n) is 5.44. The second-order valence-electron chi connectivity index (χ2n) is 4.18. The molecule has 1 aliphatic rings. The summed E-state index contributed by atoms with van der Waals surface area (Å²) in [7, 11) is 1.41. The van der Waals surface area contributed by atoms with E-state index < -0.39 is 0 Å². The van der Waals surface area contributed by atoms with Crippen LogP contribution >= 0.6 is 0 Å². The van der Waals surface area contributed by atoms with Crippen LogP contribution in [0.15, 0.2) is 0 Å². The molecule has 0 spiro atoms. The van der Waals surface area contributed by atoms with Gasteiger partial charge in [-0.3, -0.25) is 4.79 Å². The molecular formula is C11H19NO3. The molecule has 0 aromatic carbocycles. The van der Waals surface area contributed by atoms with E-state index >= 15 is 0 Å². The van der Waals surface area contributed by atoms with Gasteiger partial charge in [0.15, 0.2) is 0 Å². The van der Waals surface area contributed by atoms with Crippen LogP contribution in [-0.2, 0) is 14.3 Å². The highest BCUT2D eigenvalue weighted by Gasteiger charge is 2.33. The number of aldehydes is 1. The molecule has 1 aliphatic heterocycles. The number of nitrogens with one attached hydrogen (secondary N) is 1. The molecule has 1 unspecified atom stereocenters. The number of piperidine rings is 1. The highest BCUT2D eigenvalue weighted by atomic mass is 16.5. The third-order valence-electron chi connectivity index (χ3n) is 3.07. The van der Waals surface area contributed by atoms with Gasteiger partial charge < -0.3 is 14.8 Å². The Morgan fingerprint density at radius 3 is 2.93 bits per heavy atom. The van der Waals surface area contributed by atoms with Crippen LogP contribution in [0.4, 0.5) is 0 Å². The van der Waals surface area contributed by atoms with E-state index in [9.17, 15) is 9.59 Å². The zero-order valence-electron chi connectivity index (χ0n) is 9.36. The van der Waals surface area contributed by atoms with Gasteiger partial charge in [-0.1, -0.05) is 0 Å². The summed E-state index contributed by atoms with van der Waals surface area (Å²) >= 11 is 0. The summed E-state index contributed by atoms with van der Waals surface area (Å²) in [5.41, 5.74) is 0. The van der Waals surface area contributed by atoms with Crippen molar-refractivity contribution in [2.75, 3.05) is 13.7 Å². The molecule has 86 valence electrons. The predicted octanol–water partition coefficient (Wildman–Crippen LogP) is 0.753. The van der Waals surface area contributed by atoms with Gasteiger partial charge in [0.1, 0.15) is 6.29 Å². The van der Waals surface area contributed by atoms with Gasteiger partial charge in [0.25, 0.3) is 0 Å². The number of hydrogen-bond donors (Lipinski definition) is 1. The van der Waals surface area contributed by atoms with Crippen LogP contribution in [0.1, 0.15) is 26.2 Å². The molecule has 0 saturated carbocycles. The Hall–Kier alpha value is -0.900. The third kappa shape index (κ3) is 3.30. The molecule has 1 fully saturated rings. The molecule has 0 aliphatic carbocycles. The van der Waals surface area contributed by atoms with Gasteiger partial charge in [-0.25, -0.2) is 0 Å². The van der Waals surface area contributed by atoms with Crippen molar-refractivity contribution in [1.82, 2.24) is 5.32 Å². The first-order valence-corrected chi connectivity index (χ1v) is 5.44. The van der Waals surface area contributed by atoms with E-state index in [1.54, 1.807) is 0 Å². The second kappa shape index (κ2) is 5.85. The van der Waals surface area contributed by atoms with Crippen molar-refractivity contribution in [3.63, 3.8) is 0 Å². The van der Waals surface area contributed by atoms with E-state index in [1.165, 1.54) is 7.11 Å². The van der Waals surface area contributed by atoms with E-state index in [-0.39, 0.29) is 17.8 Å². The van der Waals surface area contributed by atoms with Gasteiger partial charge in [0, 0.05) is 19.0 Å². The van der Waals surface area contributed by atoms with Crippen molar-refractivity contribution in [1.29, 1.82) is 0 Å². The van der Waals surface area contributed by atoms with Gasteiger partial charge >= 0.3 is 5.97 Å². The van der Waals surface area contributed by atoms with Gasteiger partial charge in [-0.15, -0.1) is 0 Å². The standard InChI is InChI=1S/C11H19NO3/c1-8-6-9(4-3-5-13)10(7-12-8)11(14)15-2/h5,8-10,12H,3-4,6-7H2,1-2H3/t8-,9-,10?/m1/s1. The minimum absolute atomic E-state index is 0.0915. The Morgan fingerprint density at radius 2 is 2.33 bits per heavy atom. The highest BCUT2D eigenvalue weighted by molar-refractivity contribution is 5.73. The predicted molar refractivity (Wildman–Crippen MR) is 56.4 cm³/mol. The number of carbonyl (C=O) groups is 2. The maximum atomic E-state index is 11.5. The SMILES string of the molecule is COC(=O)C1CN[C@H](C)C[C@H]1CCC=O. The minimum Gasteiger partial charge on any atom is -0.469 e. The van der Waals surface area contributed by atoms with Crippen molar-refractivity contribution >= 4 is 12.3 Å². The van der Waals surface area contributed by atoms with Crippen LogP contribution < -0.4 is 5.32 Å². The zero-order chi connectivity index (χ0) is 11.3. The topological polar surface area (TPSA) is 55.4 Å². The quantitative estimate of drug-likeness (QED) is 0.553. The van der Waals surface area contributed by atoms with Crippen molar-refractivity contribution < 1.29 is 14.3 Å². The monoisotopic (exact) mass is 213 g/mol. The summed E-state index contributed by atoms with van der Waals surface area (Å²) in [4.78, 5) is 21.8. The first kappa shape index (κ1) is 12.2. The number of ether oxygens (including phenoxy) is 1. The summed E-state index contributed by atoms with van der Waals surface area (Å²) in [5, 5.41) is 3.26. The molecule has 0 radical (unpaired) electrons. The lowest BCUT2D eigenvalue weighted by Crippen LogP contribution is -2.45. The molecule has 4 heteroatoms. The number of esters is 1. The molecule has 4 nitrogen and oxygen atoms in total. The van der Waals surface area contributed by atoms with Crippen molar-refractivity contribution in [2.45, 2.75) is 32.2 Å². The van der Waals surface area contributed by atoms with E-state index in [1.807, 2.05) is 0 Å². The molecule has 0 amide bonds. The minimum atomic E-state index is -0.162. The van der Waals surface area contributed by atoms with Crippen LogP contribution in [0.25, 0.3) is 0 Å². The Morgan fingerprint density at radius 1 is 1.60 bits per heavy atom. The molecule has 0 aromatic rings. The fraction of sp³-hybridized carbons (Fsp3) is 0.818. The van der Waals surface area contributed by atoms with Crippen LogP contribution in [-0.4, -0.2) is 32.0 Å². The Balaban J connectivity index is 2.57. The first-order chi connectivity index (χ1) is 7.19. The van der Waals surface area contributed by atoms with Crippen LogP contribution in [0.3, 0.4) is 0 Å². The van der Waals surface area contributed by atoms with Crippen molar-refractivity contribution in [2.24, 2.45) is 11.8 Å². The van der Waals surface area contributed by atoms with Crippen LogP contribution in [0.2, 0.25) is 0 Å². The number of carbonyl (C=O) groups excluding carboxylic acids is 2. The number of rotatable bonds is 4.